The zero-order valence-electron chi connectivity index (χ0n) is 11.6. The van der Waals surface area contributed by atoms with Crippen molar-refractivity contribution in [3.05, 3.63) is 36.2 Å². The predicted molar refractivity (Wildman–Crippen MR) is 83.7 cm³/mol. The number of thioether (sulfide) groups is 1. The molecule has 2 aromatic rings. The number of aromatic carboxylic acids is 1. The van der Waals surface area contributed by atoms with Crippen LogP contribution in [0.3, 0.4) is 0 Å². The average molecular weight is 304 g/mol. The lowest BCUT2D eigenvalue weighted by Crippen LogP contribution is -2.06. The molecule has 0 bridgehead atoms. The van der Waals surface area contributed by atoms with Gasteiger partial charge in [-0.25, -0.2) is 14.8 Å². The fourth-order valence-corrected chi connectivity index (χ4v) is 2.14. The molecule has 0 aliphatic rings. The summed E-state index contributed by atoms with van der Waals surface area (Å²) in [6.45, 7) is 0.798. The summed E-state index contributed by atoms with van der Waals surface area (Å²) in [7, 11) is 0. The van der Waals surface area contributed by atoms with Crippen LogP contribution >= 0.6 is 11.8 Å². The zero-order valence-corrected chi connectivity index (χ0v) is 12.4. The summed E-state index contributed by atoms with van der Waals surface area (Å²) in [6, 6.07) is 4.66. The van der Waals surface area contributed by atoms with Crippen molar-refractivity contribution in [1.29, 1.82) is 0 Å². The predicted octanol–water partition coefficient (Wildman–Crippen LogP) is 2.40. The smallest absolute Gasteiger partial charge is 0.335 e. The molecule has 0 aliphatic carbocycles. The van der Waals surface area contributed by atoms with Gasteiger partial charge in [0.1, 0.15) is 0 Å². The minimum atomic E-state index is -0.983. The molecule has 0 aliphatic heterocycles. The number of pyridine rings is 1. The first-order valence-electron chi connectivity index (χ1n) is 6.46. The first kappa shape index (κ1) is 15.2. The van der Waals surface area contributed by atoms with E-state index in [4.69, 9.17) is 5.11 Å². The molecule has 0 atom stereocenters. The van der Waals surface area contributed by atoms with E-state index in [1.54, 1.807) is 24.0 Å². The number of anilines is 1. The normalized spacial score (nSPS) is 10.3. The molecule has 7 heteroatoms. The Bertz CT molecular complexity index is 621. The second-order valence-electron chi connectivity index (χ2n) is 4.27. The van der Waals surface area contributed by atoms with Crippen LogP contribution in [0, 0.1) is 0 Å². The SMILES string of the molecule is CSCCCNc1nccc(-c2cc(C(=O)O)ccn2)n1. The maximum atomic E-state index is 11.0. The summed E-state index contributed by atoms with van der Waals surface area (Å²) in [5, 5.41) is 12.1. The third-order valence-corrected chi connectivity index (χ3v) is 3.43. The Morgan fingerprint density at radius 3 is 2.86 bits per heavy atom. The molecule has 2 rings (SSSR count). The molecule has 0 saturated carbocycles. The van der Waals surface area contributed by atoms with Crippen molar-refractivity contribution in [1.82, 2.24) is 15.0 Å². The van der Waals surface area contributed by atoms with E-state index in [9.17, 15) is 4.79 Å². The number of aromatic nitrogens is 3. The Labute approximate surface area is 127 Å². The van der Waals surface area contributed by atoms with E-state index in [1.807, 2.05) is 0 Å². The number of rotatable bonds is 7. The molecule has 2 aromatic heterocycles. The van der Waals surface area contributed by atoms with Crippen LogP contribution in [0.2, 0.25) is 0 Å². The molecular formula is C14H16N4O2S. The standard InChI is InChI=1S/C14H16N4O2S/c1-21-8-2-5-16-14-17-7-4-11(18-14)12-9-10(13(19)20)3-6-15-12/h3-4,6-7,9H,2,5,8H2,1H3,(H,19,20)(H,16,17,18). The number of carboxylic acid groups (broad SMARTS) is 1. The minimum absolute atomic E-state index is 0.188. The van der Waals surface area contributed by atoms with Crippen molar-refractivity contribution < 1.29 is 9.90 Å². The van der Waals surface area contributed by atoms with Gasteiger partial charge in [0.15, 0.2) is 0 Å². The molecule has 0 unspecified atom stereocenters. The van der Waals surface area contributed by atoms with E-state index in [0.717, 1.165) is 18.7 Å². The second kappa shape index (κ2) is 7.58. The van der Waals surface area contributed by atoms with Gasteiger partial charge in [-0.3, -0.25) is 4.98 Å². The van der Waals surface area contributed by atoms with Gasteiger partial charge >= 0.3 is 5.97 Å². The summed E-state index contributed by atoms with van der Waals surface area (Å²) in [5.41, 5.74) is 1.30. The van der Waals surface area contributed by atoms with Crippen LogP contribution in [-0.4, -0.2) is 44.6 Å². The lowest BCUT2D eigenvalue weighted by molar-refractivity contribution is 0.0697. The summed E-state index contributed by atoms with van der Waals surface area (Å²) in [5.74, 6) is 0.619. The van der Waals surface area contributed by atoms with E-state index in [-0.39, 0.29) is 5.56 Å². The molecule has 0 spiro atoms. The highest BCUT2D eigenvalue weighted by molar-refractivity contribution is 7.98. The number of nitrogens with zero attached hydrogens (tertiary/aromatic N) is 3. The Balaban J connectivity index is 2.13. The third-order valence-electron chi connectivity index (χ3n) is 2.73. The van der Waals surface area contributed by atoms with Crippen LogP contribution in [-0.2, 0) is 0 Å². The highest BCUT2D eigenvalue weighted by Crippen LogP contribution is 2.16. The van der Waals surface area contributed by atoms with Crippen molar-refractivity contribution in [2.45, 2.75) is 6.42 Å². The Morgan fingerprint density at radius 1 is 1.29 bits per heavy atom. The maximum Gasteiger partial charge on any atom is 0.335 e. The van der Waals surface area contributed by atoms with Crippen LogP contribution in [0.25, 0.3) is 11.4 Å². The third kappa shape index (κ3) is 4.42. The van der Waals surface area contributed by atoms with E-state index in [1.165, 1.54) is 18.3 Å². The van der Waals surface area contributed by atoms with Crippen molar-refractivity contribution in [2.24, 2.45) is 0 Å². The molecule has 0 saturated heterocycles. The highest BCUT2D eigenvalue weighted by atomic mass is 32.2. The molecule has 21 heavy (non-hydrogen) atoms. The molecule has 0 fully saturated rings. The second-order valence-corrected chi connectivity index (χ2v) is 5.26. The summed E-state index contributed by atoms with van der Waals surface area (Å²) < 4.78 is 0. The van der Waals surface area contributed by atoms with Gasteiger partial charge in [0.25, 0.3) is 0 Å². The first-order valence-corrected chi connectivity index (χ1v) is 7.85. The van der Waals surface area contributed by atoms with Crippen molar-refractivity contribution in [2.75, 3.05) is 23.9 Å². The first-order chi connectivity index (χ1) is 10.2. The van der Waals surface area contributed by atoms with E-state index < -0.39 is 5.97 Å². The molecular weight excluding hydrogens is 288 g/mol. The fraction of sp³-hybridized carbons (Fsp3) is 0.286. The fourth-order valence-electron chi connectivity index (χ4n) is 1.71. The Morgan fingerprint density at radius 2 is 2.10 bits per heavy atom. The van der Waals surface area contributed by atoms with Crippen LogP contribution < -0.4 is 5.32 Å². The Kier molecular flexibility index (Phi) is 5.51. The molecule has 0 radical (unpaired) electrons. The monoisotopic (exact) mass is 304 g/mol. The van der Waals surface area contributed by atoms with Gasteiger partial charge in [0, 0.05) is 18.9 Å². The van der Waals surface area contributed by atoms with Gasteiger partial charge < -0.3 is 10.4 Å². The Hall–Kier alpha value is -2.15. The number of hydrogen-bond donors (Lipinski definition) is 2. The summed E-state index contributed by atoms with van der Waals surface area (Å²) in [6.07, 6.45) is 6.20. The van der Waals surface area contributed by atoms with Crippen LogP contribution in [0.1, 0.15) is 16.8 Å². The molecule has 0 aromatic carbocycles. The lowest BCUT2D eigenvalue weighted by atomic mass is 10.2. The number of hydrogen-bond acceptors (Lipinski definition) is 6. The molecule has 0 amide bonds. The molecule has 6 nitrogen and oxygen atoms in total. The molecule has 110 valence electrons. The zero-order chi connectivity index (χ0) is 15.1. The summed E-state index contributed by atoms with van der Waals surface area (Å²) in [4.78, 5) is 23.6. The lowest BCUT2D eigenvalue weighted by Gasteiger charge is -2.06. The maximum absolute atomic E-state index is 11.0. The molecule has 2 N–H and O–H groups in total. The van der Waals surface area contributed by atoms with Gasteiger partial charge in [-0.2, -0.15) is 11.8 Å². The van der Waals surface area contributed by atoms with Gasteiger partial charge in [0.2, 0.25) is 5.95 Å². The van der Waals surface area contributed by atoms with Crippen molar-refractivity contribution in [3.8, 4) is 11.4 Å². The van der Waals surface area contributed by atoms with Gasteiger partial charge in [-0.15, -0.1) is 0 Å². The van der Waals surface area contributed by atoms with Crippen LogP contribution in [0.5, 0.6) is 0 Å². The van der Waals surface area contributed by atoms with Crippen molar-refractivity contribution in [3.63, 3.8) is 0 Å². The van der Waals surface area contributed by atoms with Crippen LogP contribution in [0.4, 0.5) is 5.95 Å². The van der Waals surface area contributed by atoms with E-state index in [0.29, 0.717) is 17.3 Å². The van der Waals surface area contributed by atoms with E-state index in [2.05, 4.69) is 26.5 Å². The number of carboxylic acids is 1. The van der Waals surface area contributed by atoms with Gasteiger partial charge in [-0.05, 0) is 36.6 Å². The largest absolute Gasteiger partial charge is 0.478 e. The quantitative estimate of drug-likeness (QED) is 0.759. The highest BCUT2D eigenvalue weighted by Gasteiger charge is 2.08. The molecule has 2 heterocycles. The minimum Gasteiger partial charge on any atom is -0.478 e. The summed E-state index contributed by atoms with van der Waals surface area (Å²) >= 11 is 1.79. The van der Waals surface area contributed by atoms with Crippen LogP contribution in [0.15, 0.2) is 30.6 Å². The van der Waals surface area contributed by atoms with Gasteiger partial charge in [-0.1, -0.05) is 0 Å². The van der Waals surface area contributed by atoms with Crippen molar-refractivity contribution >= 4 is 23.7 Å². The average Bonchev–Trinajstić information content (AvgIpc) is 2.52. The topological polar surface area (TPSA) is 88.0 Å². The van der Waals surface area contributed by atoms with Gasteiger partial charge in [0.05, 0.1) is 17.0 Å². The van der Waals surface area contributed by atoms with E-state index >= 15 is 0 Å². The number of carbonyl (C=O) groups is 1. The number of nitrogens with one attached hydrogen (secondary N) is 1.